The number of carbonyl (C=O) groups excluding carboxylic acids is 1. The van der Waals surface area contributed by atoms with Crippen LogP contribution in [0.2, 0.25) is 5.02 Å². The zero-order chi connectivity index (χ0) is 34.0. The first-order chi connectivity index (χ1) is 23.0. The Kier molecular flexibility index (Phi) is 8.33. The van der Waals surface area contributed by atoms with Crippen molar-refractivity contribution in [2.24, 2.45) is 0 Å². The number of urea groups is 1. The molecular weight excluding hydrogens is 662 g/mol. The third-order valence-electron chi connectivity index (χ3n) is 9.40. The predicted octanol–water partition coefficient (Wildman–Crippen LogP) is 5.76. The molecule has 48 heavy (non-hydrogen) atoms. The van der Waals surface area contributed by atoms with Gasteiger partial charge in [-0.05, 0) is 58.8 Å². The van der Waals surface area contributed by atoms with E-state index in [9.17, 15) is 14.4 Å². The topological polar surface area (TPSA) is 133 Å². The smallest absolute Gasteiger partial charge is 0.319 e. The lowest BCUT2D eigenvalue weighted by atomic mass is 9.96. The molecule has 2 aromatic heterocycles. The van der Waals surface area contributed by atoms with Crippen LogP contribution in [0.1, 0.15) is 39.2 Å². The van der Waals surface area contributed by atoms with Crippen molar-refractivity contribution in [1.82, 2.24) is 25.1 Å². The van der Waals surface area contributed by atoms with Crippen molar-refractivity contribution in [3.05, 3.63) is 34.4 Å². The Morgan fingerprint density at radius 2 is 2.00 bits per heavy atom. The number of nitrogens with zero attached hydrogens (tertiary/aromatic N) is 6. The van der Waals surface area contributed by atoms with Crippen LogP contribution < -0.4 is 25.4 Å². The fraction of sp³-hybridized carbons (Fsp3) is 0.455. The van der Waals surface area contributed by atoms with Crippen LogP contribution in [0.3, 0.4) is 0 Å². The number of anilines is 2. The van der Waals surface area contributed by atoms with Gasteiger partial charge >= 0.3 is 12.0 Å². The van der Waals surface area contributed by atoms with Gasteiger partial charge in [0.15, 0.2) is 11.6 Å². The average Bonchev–Trinajstić information content (AvgIpc) is 3.54. The number of nitrogens with one attached hydrogen (secondary N) is 1. The van der Waals surface area contributed by atoms with E-state index in [-0.39, 0.29) is 96.3 Å². The molecule has 5 heterocycles. The first-order valence-electron chi connectivity index (χ1n) is 15.9. The number of halogens is 3. The Bertz CT molecular complexity index is 2000. The molecule has 2 atom stereocenters. The maximum absolute atomic E-state index is 17.2. The average molecular weight is 697 g/mol. The maximum atomic E-state index is 17.2. The number of likely N-dealkylation sites (tertiary alicyclic amines) is 2. The van der Waals surface area contributed by atoms with Crippen molar-refractivity contribution in [3.63, 3.8) is 0 Å². The molecule has 2 fully saturated rings. The number of fused-ring (bicyclic) bond motifs is 1. The van der Waals surface area contributed by atoms with Gasteiger partial charge in [0.1, 0.15) is 40.9 Å². The molecule has 2 aromatic carbocycles. The first-order valence-corrected chi connectivity index (χ1v) is 17.1. The summed E-state index contributed by atoms with van der Waals surface area (Å²) in [4.78, 5) is 28.1. The summed E-state index contributed by atoms with van der Waals surface area (Å²) in [5, 5.41) is 13.3. The highest BCUT2D eigenvalue weighted by molar-refractivity contribution is 7.23. The number of rotatable bonds is 6. The lowest BCUT2D eigenvalue weighted by molar-refractivity contribution is 0.112. The summed E-state index contributed by atoms with van der Waals surface area (Å²) in [7, 11) is 2.04. The second-order valence-electron chi connectivity index (χ2n) is 12.9. The van der Waals surface area contributed by atoms with E-state index >= 15 is 4.39 Å². The number of nitriles is 1. The second kappa shape index (κ2) is 12.4. The van der Waals surface area contributed by atoms with Gasteiger partial charge in [0, 0.05) is 36.1 Å². The van der Waals surface area contributed by atoms with Gasteiger partial charge in [-0.3, -0.25) is 4.90 Å². The number of nitrogen functional groups attached to an aromatic ring is 1. The zero-order valence-electron chi connectivity index (χ0n) is 26.9. The normalized spacial score (nSPS) is 18.9. The summed E-state index contributed by atoms with van der Waals surface area (Å²) >= 11 is 7.94. The quantitative estimate of drug-likeness (QED) is 0.258. The number of ether oxygens (including phenoxy) is 2. The van der Waals surface area contributed by atoms with E-state index in [1.807, 2.05) is 38.8 Å². The van der Waals surface area contributed by atoms with E-state index in [0.29, 0.717) is 25.5 Å². The highest BCUT2D eigenvalue weighted by Gasteiger charge is 2.40. The number of benzene rings is 2. The van der Waals surface area contributed by atoms with E-state index in [4.69, 9.17) is 31.8 Å². The van der Waals surface area contributed by atoms with Gasteiger partial charge in [-0.1, -0.05) is 17.7 Å². The van der Waals surface area contributed by atoms with Gasteiger partial charge in [-0.15, -0.1) is 11.3 Å². The van der Waals surface area contributed by atoms with Crippen molar-refractivity contribution in [2.75, 3.05) is 50.5 Å². The molecule has 2 amide bonds. The Morgan fingerprint density at radius 3 is 2.69 bits per heavy atom. The monoisotopic (exact) mass is 696 g/mol. The number of hydrogen-bond acceptors (Lipinski definition) is 10. The van der Waals surface area contributed by atoms with E-state index in [1.165, 1.54) is 12.1 Å². The molecule has 0 saturated carbocycles. The first kappa shape index (κ1) is 32.4. The predicted molar refractivity (Wildman–Crippen MR) is 182 cm³/mol. The lowest BCUT2D eigenvalue weighted by Gasteiger charge is -2.45. The van der Waals surface area contributed by atoms with Crippen molar-refractivity contribution >= 4 is 60.8 Å². The number of hydrogen-bond donors (Lipinski definition) is 2. The summed E-state index contributed by atoms with van der Waals surface area (Å²) in [6, 6.07) is 4.45. The molecule has 3 aliphatic heterocycles. The fourth-order valence-corrected chi connectivity index (χ4v) is 8.30. The SMILES string of the molecule is CC(C)NC(=O)N1CC(N2CCOc3c(Cl)c(-c4ccc(F)c5sc(N)c(C#N)c45)c(F)c4nc(O[C@@H](C)[C@@H]5CCCN5C)nc2c34)C1. The Balaban J connectivity index is 1.40. The summed E-state index contributed by atoms with van der Waals surface area (Å²) in [5.41, 5.74) is 6.15. The minimum Gasteiger partial charge on any atom is -0.489 e. The van der Waals surface area contributed by atoms with Gasteiger partial charge in [0.05, 0.1) is 33.3 Å². The minimum absolute atomic E-state index is 0.00599. The second-order valence-corrected chi connectivity index (χ2v) is 14.3. The molecule has 3 aliphatic rings. The number of carbonyl (C=O) groups is 1. The standard InChI is InChI=1S/C33H35ClF2N8O3S/c1-15(2)39-33(45)43-13-17(14-43)44-10-11-46-28-24-27(40-32(41-31(24)44)47-16(3)21-6-5-9-42(21)4)26(36)23(25(28)34)18-7-8-20(35)29-22(18)19(12-37)30(38)48-29/h7-8,15-17,21H,5-6,9-11,13-14,38H2,1-4H3,(H,39,45)/t16-,21-/m0/s1. The third kappa shape index (κ3) is 5.28. The third-order valence-corrected chi connectivity index (χ3v) is 10.8. The van der Waals surface area contributed by atoms with Crippen molar-refractivity contribution in [1.29, 1.82) is 5.26 Å². The molecule has 0 bridgehead atoms. The number of likely N-dealkylation sites (N-methyl/N-ethyl adjacent to an activating group) is 1. The Hall–Kier alpha value is -4.19. The van der Waals surface area contributed by atoms with Crippen LogP contribution in [0.4, 0.5) is 24.4 Å². The van der Waals surface area contributed by atoms with Crippen LogP contribution in [-0.2, 0) is 0 Å². The van der Waals surface area contributed by atoms with Crippen molar-refractivity contribution in [2.45, 2.75) is 57.8 Å². The zero-order valence-corrected chi connectivity index (χ0v) is 28.5. The van der Waals surface area contributed by atoms with Crippen molar-refractivity contribution < 1.29 is 23.0 Å². The summed E-state index contributed by atoms with van der Waals surface area (Å²) in [6.45, 7) is 8.11. The summed E-state index contributed by atoms with van der Waals surface area (Å²) < 4.78 is 44.8. The molecule has 11 nitrogen and oxygen atoms in total. The number of thiophene rings is 1. The molecule has 252 valence electrons. The molecule has 4 aromatic rings. The van der Waals surface area contributed by atoms with E-state index in [0.717, 1.165) is 30.7 Å². The van der Waals surface area contributed by atoms with Gasteiger partial charge in [0.2, 0.25) is 0 Å². The van der Waals surface area contributed by atoms with E-state index in [1.54, 1.807) is 4.90 Å². The summed E-state index contributed by atoms with van der Waals surface area (Å²) in [6.07, 6.45) is 1.68. The molecule has 3 N–H and O–H groups in total. The van der Waals surface area contributed by atoms with Gasteiger partial charge < -0.3 is 30.3 Å². The fourth-order valence-electron chi connectivity index (χ4n) is 7.01. The lowest BCUT2D eigenvalue weighted by Crippen LogP contribution is -2.64. The molecule has 0 aliphatic carbocycles. The van der Waals surface area contributed by atoms with Crippen LogP contribution in [0.25, 0.3) is 32.1 Å². The number of amides is 2. The Labute approximate surface area is 285 Å². The van der Waals surface area contributed by atoms with Crippen LogP contribution in [-0.4, -0.2) is 89.9 Å². The van der Waals surface area contributed by atoms with Gasteiger partial charge in [-0.2, -0.15) is 15.2 Å². The maximum Gasteiger partial charge on any atom is 0.319 e. The molecular formula is C33H35ClF2N8O3S. The summed E-state index contributed by atoms with van der Waals surface area (Å²) in [5.74, 6) is -0.824. The molecule has 7 rings (SSSR count). The van der Waals surface area contributed by atoms with E-state index in [2.05, 4.69) is 15.2 Å². The molecule has 0 unspecified atom stereocenters. The molecule has 15 heteroatoms. The molecule has 2 saturated heterocycles. The van der Waals surface area contributed by atoms with Crippen LogP contribution in [0.15, 0.2) is 12.1 Å². The minimum atomic E-state index is -0.795. The number of nitrogens with two attached hydrogens (primary N) is 1. The molecule has 0 radical (unpaired) electrons. The number of aromatic nitrogens is 2. The highest BCUT2D eigenvalue weighted by atomic mass is 35.5. The van der Waals surface area contributed by atoms with Crippen LogP contribution in [0.5, 0.6) is 11.8 Å². The molecule has 0 spiro atoms. The Morgan fingerprint density at radius 1 is 1.23 bits per heavy atom. The van der Waals surface area contributed by atoms with Gasteiger partial charge in [-0.25, -0.2) is 13.6 Å². The van der Waals surface area contributed by atoms with Crippen LogP contribution >= 0.6 is 22.9 Å². The van der Waals surface area contributed by atoms with E-state index < -0.39 is 11.6 Å². The highest BCUT2D eigenvalue weighted by Crippen LogP contribution is 2.51. The largest absolute Gasteiger partial charge is 0.489 e. The van der Waals surface area contributed by atoms with Crippen molar-refractivity contribution in [3.8, 4) is 29.0 Å². The van der Waals surface area contributed by atoms with Gasteiger partial charge in [0.25, 0.3) is 0 Å². The van der Waals surface area contributed by atoms with Crippen LogP contribution in [0, 0.1) is 23.0 Å².